The van der Waals surface area contributed by atoms with Gasteiger partial charge in [0.05, 0.1) is 5.92 Å². The summed E-state index contributed by atoms with van der Waals surface area (Å²) in [6.45, 7) is 1.67. The third kappa shape index (κ3) is 1.68. The predicted molar refractivity (Wildman–Crippen MR) is 35.5 cm³/mol. The second-order valence-corrected chi connectivity index (χ2v) is 2.52. The average molecular weight is 144 g/mol. The Kier molecular flexibility index (Phi) is 2.65. The molecule has 4 heteroatoms. The minimum atomic E-state index is -0.271. The first-order chi connectivity index (χ1) is 4.84. The van der Waals surface area contributed by atoms with E-state index in [1.807, 2.05) is 0 Å². The lowest BCUT2D eigenvalue weighted by Crippen LogP contribution is -2.39. The summed E-state index contributed by atoms with van der Waals surface area (Å²) in [4.78, 5) is 10.8. The van der Waals surface area contributed by atoms with Crippen LogP contribution in [-0.4, -0.2) is 24.2 Å². The van der Waals surface area contributed by atoms with Gasteiger partial charge < -0.3 is 5.32 Å². The van der Waals surface area contributed by atoms with Crippen LogP contribution in [0, 0.1) is 5.92 Å². The fourth-order valence-electron chi connectivity index (χ4n) is 1.17. The smallest absolute Gasteiger partial charge is 0.247 e. The maximum atomic E-state index is 10.8. The second kappa shape index (κ2) is 3.53. The molecule has 4 nitrogen and oxygen atoms in total. The number of hydrogen-bond donors (Lipinski definition) is 3. The predicted octanol–water partition coefficient (Wildman–Crippen LogP) is -0.509. The third-order valence-corrected chi connectivity index (χ3v) is 1.78. The van der Waals surface area contributed by atoms with E-state index in [-0.39, 0.29) is 11.8 Å². The van der Waals surface area contributed by atoms with Crippen LogP contribution < -0.4 is 10.8 Å². The standard InChI is InChI=1S/C6H12N2O2/c9-6(8-10)5-2-1-3-7-4-5/h5,7,10H,1-4H2,(H,8,9). The van der Waals surface area contributed by atoms with Crippen LogP contribution in [-0.2, 0) is 4.79 Å². The molecule has 58 valence electrons. The summed E-state index contributed by atoms with van der Waals surface area (Å²) < 4.78 is 0. The van der Waals surface area contributed by atoms with E-state index in [0.717, 1.165) is 19.4 Å². The largest absolute Gasteiger partial charge is 0.316 e. The minimum absolute atomic E-state index is 0.0428. The number of hydroxylamine groups is 1. The summed E-state index contributed by atoms with van der Waals surface area (Å²) in [5, 5.41) is 11.3. The Labute approximate surface area is 59.6 Å². The Balaban J connectivity index is 2.31. The lowest BCUT2D eigenvalue weighted by molar-refractivity contribution is -0.133. The Morgan fingerprint density at radius 2 is 2.50 bits per heavy atom. The van der Waals surface area contributed by atoms with Crippen molar-refractivity contribution in [1.82, 2.24) is 10.8 Å². The van der Waals surface area contributed by atoms with E-state index < -0.39 is 0 Å². The van der Waals surface area contributed by atoms with Gasteiger partial charge in [-0.3, -0.25) is 10.0 Å². The maximum absolute atomic E-state index is 10.8. The number of amides is 1. The first kappa shape index (κ1) is 7.50. The van der Waals surface area contributed by atoms with Gasteiger partial charge >= 0.3 is 0 Å². The first-order valence-corrected chi connectivity index (χ1v) is 3.49. The van der Waals surface area contributed by atoms with Gasteiger partial charge in [0, 0.05) is 6.54 Å². The summed E-state index contributed by atoms with van der Waals surface area (Å²) in [7, 11) is 0. The van der Waals surface area contributed by atoms with Gasteiger partial charge in [-0.25, -0.2) is 5.48 Å². The van der Waals surface area contributed by atoms with Crippen molar-refractivity contribution in [3.63, 3.8) is 0 Å². The zero-order valence-electron chi connectivity index (χ0n) is 5.76. The molecular weight excluding hydrogens is 132 g/mol. The van der Waals surface area contributed by atoms with E-state index in [9.17, 15) is 4.79 Å². The highest BCUT2D eigenvalue weighted by Gasteiger charge is 2.19. The molecule has 0 radical (unpaired) electrons. The second-order valence-electron chi connectivity index (χ2n) is 2.52. The molecule has 1 heterocycles. The van der Waals surface area contributed by atoms with Gasteiger partial charge in [-0.05, 0) is 19.4 Å². The Morgan fingerprint density at radius 3 is 3.00 bits per heavy atom. The van der Waals surface area contributed by atoms with Crippen LogP contribution in [0.5, 0.6) is 0 Å². The van der Waals surface area contributed by atoms with Crippen molar-refractivity contribution in [2.45, 2.75) is 12.8 Å². The molecule has 1 rings (SSSR count). The number of hydrogen-bond acceptors (Lipinski definition) is 3. The molecule has 0 aromatic heterocycles. The van der Waals surface area contributed by atoms with Crippen LogP contribution in [0.25, 0.3) is 0 Å². The SMILES string of the molecule is O=C(NO)C1CCCNC1. The molecule has 1 aliphatic heterocycles. The molecule has 0 aliphatic carbocycles. The van der Waals surface area contributed by atoms with Gasteiger partial charge in [0.2, 0.25) is 5.91 Å². The Hall–Kier alpha value is -0.610. The van der Waals surface area contributed by atoms with Gasteiger partial charge in [0.1, 0.15) is 0 Å². The molecular formula is C6H12N2O2. The molecule has 0 bridgehead atoms. The molecule has 1 amide bonds. The van der Waals surface area contributed by atoms with Crippen LogP contribution in [0.4, 0.5) is 0 Å². The molecule has 0 aromatic rings. The lowest BCUT2D eigenvalue weighted by atomic mass is 9.99. The highest BCUT2D eigenvalue weighted by molar-refractivity contribution is 5.77. The van der Waals surface area contributed by atoms with Crippen LogP contribution in [0.15, 0.2) is 0 Å². The number of carbonyl (C=O) groups excluding carboxylic acids is 1. The van der Waals surface area contributed by atoms with E-state index in [4.69, 9.17) is 5.21 Å². The van der Waals surface area contributed by atoms with Gasteiger partial charge in [0.25, 0.3) is 0 Å². The highest BCUT2D eigenvalue weighted by atomic mass is 16.5. The number of carbonyl (C=O) groups is 1. The molecule has 1 unspecified atom stereocenters. The van der Waals surface area contributed by atoms with Crippen molar-refractivity contribution in [3.05, 3.63) is 0 Å². The van der Waals surface area contributed by atoms with Crippen molar-refractivity contribution < 1.29 is 10.0 Å². The van der Waals surface area contributed by atoms with Crippen molar-refractivity contribution in [1.29, 1.82) is 0 Å². The van der Waals surface area contributed by atoms with Gasteiger partial charge in [-0.15, -0.1) is 0 Å². The van der Waals surface area contributed by atoms with Crippen molar-refractivity contribution in [3.8, 4) is 0 Å². The number of nitrogens with one attached hydrogen (secondary N) is 2. The molecule has 1 aliphatic rings. The third-order valence-electron chi connectivity index (χ3n) is 1.78. The average Bonchev–Trinajstić information content (AvgIpc) is 2.05. The molecule has 1 fully saturated rings. The van der Waals surface area contributed by atoms with Gasteiger partial charge in [-0.2, -0.15) is 0 Å². The summed E-state index contributed by atoms with van der Waals surface area (Å²) in [6.07, 6.45) is 1.89. The number of rotatable bonds is 1. The van der Waals surface area contributed by atoms with E-state index >= 15 is 0 Å². The molecule has 3 N–H and O–H groups in total. The normalized spacial score (nSPS) is 25.9. The molecule has 1 atom stereocenters. The molecule has 1 saturated heterocycles. The fourth-order valence-corrected chi connectivity index (χ4v) is 1.17. The zero-order valence-corrected chi connectivity index (χ0v) is 5.76. The van der Waals surface area contributed by atoms with Crippen LogP contribution in [0.2, 0.25) is 0 Å². The van der Waals surface area contributed by atoms with Crippen molar-refractivity contribution in [2.24, 2.45) is 5.92 Å². The fraction of sp³-hybridized carbons (Fsp3) is 0.833. The van der Waals surface area contributed by atoms with E-state index in [2.05, 4.69) is 5.32 Å². The van der Waals surface area contributed by atoms with Crippen LogP contribution in [0.3, 0.4) is 0 Å². The first-order valence-electron chi connectivity index (χ1n) is 3.49. The van der Waals surface area contributed by atoms with E-state index in [1.54, 1.807) is 5.48 Å². The Bertz CT molecular complexity index is 121. The summed E-state index contributed by atoms with van der Waals surface area (Å²) in [5.74, 6) is -0.314. The zero-order chi connectivity index (χ0) is 7.40. The molecule has 0 saturated carbocycles. The van der Waals surface area contributed by atoms with Crippen molar-refractivity contribution in [2.75, 3.05) is 13.1 Å². The Morgan fingerprint density at radius 1 is 1.70 bits per heavy atom. The quantitative estimate of drug-likeness (QED) is 0.343. The van der Waals surface area contributed by atoms with E-state index in [1.165, 1.54) is 0 Å². The lowest BCUT2D eigenvalue weighted by Gasteiger charge is -2.20. The van der Waals surface area contributed by atoms with E-state index in [0.29, 0.717) is 6.54 Å². The monoisotopic (exact) mass is 144 g/mol. The highest BCUT2D eigenvalue weighted by Crippen LogP contribution is 2.08. The summed E-state index contributed by atoms with van der Waals surface area (Å²) in [6, 6.07) is 0. The molecule has 0 spiro atoms. The summed E-state index contributed by atoms with van der Waals surface area (Å²) >= 11 is 0. The molecule has 10 heavy (non-hydrogen) atoms. The van der Waals surface area contributed by atoms with Gasteiger partial charge in [0.15, 0.2) is 0 Å². The summed E-state index contributed by atoms with van der Waals surface area (Å²) in [5.41, 5.74) is 1.66. The van der Waals surface area contributed by atoms with Gasteiger partial charge in [-0.1, -0.05) is 0 Å². The topological polar surface area (TPSA) is 61.4 Å². The van der Waals surface area contributed by atoms with Crippen molar-refractivity contribution >= 4 is 5.91 Å². The number of piperidine rings is 1. The van der Waals surface area contributed by atoms with Crippen LogP contribution >= 0.6 is 0 Å². The molecule has 0 aromatic carbocycles. The minimum Gasteiger partial charge on any atom is -0.316 e. The maximum Gasteiger partial charge on any atom is 0.247 e. The van der Waals surface area contributed by atoms with Crippen LogP contribution in [0.1, 0.15) is 12.8 Å².